The largest absolute Gasteiger partial charge is 0.493 e. The van der Waals surface area contributed by atoms with E-state index >= 15 is 0 Å². The summed E-state index contributed by atoms with van der Waals surface area (Å²) in [6, 6.07) is 10.5. The average Bonchev–Trinajstić information content (AvgIpc) is 2.61. The van der Waals surface area contributed by atoms with Gasteiger partial charge in [-0.2, -0.15) is 0 Å². The monoisotopic (exact) mass is 378 g/mol. The summed E-state index contributed by atoms with van der Waals surface area (Å²) < 4.78 is 33.2. The Hall–Kier alpha value is -2.49. The molecule has 0 saturated heterocycles. The van der Waals surface area contributed by atoms with E-state index in [0.29, 0.717) is 16.9 Å². The van der Waals surface area contributed by atoms with Crippen LogP contribution in [0.1, 0.15) is 17.5 Å². The molecule has 2 aromatic rings. The van der Waals surface area contributed by atoms with Gasteiger partial charge in [-0.3, -0.25) is 10.1 Å². The van der Waals surface area contributed by atoms with Crippen LogP contribution in [0.2, 0.25) is 0 Å². The van der Waals surface area contributed by atoms with Gasteiger partial charge in [0.1, 0.15) is 11.4 Å². The lowest BCUT2D eigenvalue weighted by Crippen LogP contribution is -2.44. The number of para-hydroxylation sites is 1. The minimum Gasteiger partial charge on any atom is -0.493 e. The number of non-ortho nitro benzene ring substituents is 1. The second-order valence-corrected chi connectivity index (χ2v) is 7.89. The Morgan fingerprint density at radius 1 is 1.31 bits per heavy atom. The Balaban J connectivity index is 1.88. The van der Waals surface area contributed by atoms with Crippen LogP contribution in [0.3, 0.4) is 0 Å². The molecule has 9 heteroatoms. The highest BCUT2D eigenvalue weighted by Crippen LogP contribution is 2.36. The van der Waals surface area contributed by atoms with E-state index < -0.39 is 20.5 Å². The van der Waals surface area contributed by atoms with Crippen molar-refractivity contribution < 1.29 is 23.2 Å². The molecule has 1 aliphatic rings. The number of nitro benzene ring substituents is 1. The van der Waals surface area contributed by atoms with Crippen LogP contribution in [0.25, 0.3) is 0 Å². The Kier molecular flexibility index (Phi) is 4.70. The van der Waals surface area contributed by atoms with Gasteiger partial charge in [0.05, 0.1) is 16.4 Å². The fraction of sp³-hybridized carbons (Fsp3) is 0.294. The maximum absolute atomic E-state index is 12.6. The first kappa shape index (κ1) is 18.3. The van der Waals surface area contributed by atoms with Crippen LogP contribution in [0, 0.1) is 17.0 Å². The van der Waals surface area contributed by atoms with Crippen molar-refractivity contribution in [2.75, 3.05) is 13.2 Å². The second kappa shape index (κ2) is 6.67. The molecule has 8 nitrogen and oxygen atoms in total. The number of aryl methyl sites for hydroxylation is 1. The maximum atomic E-state index is 12.6. The van der Waals surface area contributed by atoms with Crippen LogP contribution < -0.4 is 9.46 Å². The number of fused-ring (bicyclic) bond motifs is 1. The van der Waals surface area contributed by atoms with Gasteiger partial charge in [-0.1, -0.05) is 24.3 Å². The molecule has 0 saturated carbocycles. The van der Waals surface area contributed by atoms with Crippen LogP contribution in [0.5, 0.6) is 5.75 Å². The number of ether oxygens (including phenoxy) is 1. The first-order chi connectivity index (χ1) is 12.2. The fourth-order valence-electron chi connectivity index (χ4n) is 2.91. The molecule has 0 radical (unpaired) electrons. The van der Waals surface area contributed by atoms with E-state index in [4.69, 9.17) is 4.74 Å². The third kappa shape index (κ3) is 3.41. The minimum atomic E-state index is -4.04. The molecule has 1 atom stereocenters. The number of aliphatic hydroxyl groups is 1. The van der Waals surface area contributed by atoms with Gasteiger partial charge < -0.3 is 9.84 Å². The van der Waals surface area contributed by atoms with Crippen molar-refractivity contribution in [1.82, 2.24) is 4.72 Å². The van der Waals surface area contributed by atoms with Gasteiger partial charge >= 0.3 is 0 Å². The fourth-order valence-corrected chi connectivity index (χ4v) is 4.26. The van der Waals surface area contributed by atoms with E-state index in [1.165, 1.54) is 12.1 Å². The zero-order chi connectivity index (χ0) is 18.9. The van der Waals surface area contributed by atoms with Crippen molar-refractivity contribution in [3.05, 3.63) is 63.7 Å². The first-order valence-electron chi connectivity index (χ1n) is 7.92. The summed E-state index contributed by atoms with van der Waals surface area (Å²) in [6.07, 6.45) is 0.223. The Morgan fingerprint density at radius 2 is 2.04 bits per heavy atom. The number of rotatable bonds is 5. The van der Waals surface area contributed by atoms with Crippen molar-refractivity contribution >= 4 is 15.7 Å². The summed E-state index contributed by atoms with van der Waals surface area (Å²) in [4.78, 5) is 10.1. The zero-order valence-electron chi connectivity index (χ0n) is 14.0. The quantitative estimate of drug-likeness (QED) is 0.605. The predicted octanol–water partition coefficient (Wildman–Crippen LogP) is 1.85. The summed E-state index contributed by atoms with van der Waals surface area (Å²) in [7, 11) is -4.04. The molecule has 26 heavy (non-hydrogen) atoms. The number of hydrogen-bond donors (Lipinski definition) is 2. The topological polar surface area (TPSA) is 119 Å². The van der Waals surface area contributed by atoms with Gasteiger partial charge in [0, 0.05) is 30.7 Å². The highest BCUT2D eigenvalue weighted by atomic mass is 32.2. The van der Waals surface area contributed by atoms with Gasteiger partial charge in [-0.05, 0) is 18.6 Å². The Morgan fingerprint density at radius 3 is 2.77 bits per heavy atom. The lowest BCUT2D eigenvalue weighted by molar-refractivity contribution is -0.385. The van der Waals surface area contributed by atoms with E-state index in [0.717, 1.165) is 6.07 Å². The van der Waals surface area contributed by atoms with E-state index in [1.807, 2.05) is 0 Å². The number of nitrogens with one attached hydrogen (secondary N) is 1. The third-order valence-corrected chi connectivity index (χ3v) is 5.93. The summed E-state index contributed by atoms with van der Waals surface area (Å²) in [5, 5.41) is 21.9. The van der Waals surface area contributed by atoms with Crippen molar-refractivity contribution in [2.24, 2.45) is 0 Å². The van der Waals surface area contributed by atoms with E-state index in [-0.39, 0.29) is 30.2 Å². The molecule has 138 valence electrons. The number of nitro groups is 1. The smallest absolute Gasteiger partial charge is 0.270 e. The molecule has 1 aliphatic heterocycles. The van der Waals surface area contributed by atoms with Gasteiger partial charge in [-0.15, -0.1) is 0 Å². The molecule has 3 rings (SSSR count). The van der Waals surface area contributed by atoms with Crippen molar-refractivity contribution in [2.45, 2.75) is 23.8 Å². The van der Waals surface area contributed by atoms with Crippen LogP contribution in [0.4, 0.5) is 5.69 Å². The van der Waals surface area contributed by atoms with Gasteiger partial charge in [0.25, 0.3) is 5.69 Å². The molecule has 2 aromatic carbocycles. The summed E-state index contributed by atoms with van der Waals surface area (Å²) in [5.41, 5.74) is -0.852. The molecule has 0 aromatic heterocycles. The first-order valence-corrected chi connectivity index (χ1v) is 9.41. The molecule has 0 spiro atoms. The zero-order valence-corrected chi connectivity index (χ0v) is 14.8. The highest BCUT2D eigenvalue weighted by molar-refractivity contribution is 7.89. The number of nitrogens with zero attached hydrogens (tertiary/aromatic N) is 1. The predicted molar refractivity (Wildman–Crippen MR) is 93.5 cm³/mol. The molecular formula is C17H18N2O6S. The minimum absolute atomic E-state index is 0.185. The Labute approximate surface area is 150 Å². The number of hydrogen-bond acceptors (Lipinski definition) is 6. The molecule has 1 heterocycles. The van der Waals surface area contributed by atoms with Crippen molar-refractivity contribution in [1.29, 1.82) is 0 Å². The van der Waals surface area contributed by atoms with Crippen molar-refractivity contribution in [3.8, 4) is 5.75 Å². The van der Waals surface area contributed by atoms with Gasteiger partial charge in [0.2, 0.25) is 10.0 Å². The van der Waals surface area contributed by atoms with Gasteiger partial charge in [0.15, 0.2) is 0 Å². The molecule has 0 amide bonds. The normalized spacial score (nSPS) is 19.5. The van der Waals surface area contributed by atoms with E-state index in [2.05, 4.69) is 4.72 Å². The Bertz CT molecular complexity index is 959. The van der Waals surface area contributed by atoms with Gasteiger partial charge in [-0.25, -0.2) is 13.1 Å². The lowest BCUT2D eigenvalue weighted by atomic mass is 9.88. The molecule has 0 fully saturated rings. The summed E-state index contributed by atoms with van der Waals surface area (Å²) in [5.74, 6) is 0.506. The van der Waals surface area contributed by atoms with Crippen LogP contribution >= 0.6 is 0 Å². The average molecular weight is 378 g/mol. The van der Waals surface area contributed by atoms with Crippen molar-refractivity contribution in [3.63, 3.8) is 0 Å². The third-order valence-electron chi connectivity index (χ3n) is 4.39. The van der Waals surface area contributed by atoms with E-state index in [1.54, 1.807) is 31.2 Å². The number of sulfonamides is 1. The highest BCUT2D eigenvalue weighted by Gasteiger charge is 2.37. The standard InChI is InChI=1S/C17H18N2O6S/c1-12-6-7-13(19(21)22)10-16(12)26(23,24)18-11-17(20)8-9-25-15-5-3-2-4-14(15)17/h2-7,10,18,20H,8-9,11H2,1H3. The number of benzene rings is 2. The van der Waals surface area contributed by atoms with Crippen LogP contribution in [-0.4, -0.2) is 31.6 Å². The SMILES string of the molecule is Cc1ccc([N+](=O)[O-])cc1S(=O)(=O)NCC1(O)CCOc2ccccc21. The molecular weight excluding hydrogens is 360 g/mol. The summed E-state index contributed by atoms with van der Waals surface area (Å²) >= 11 is 0. The molecule has 0 aliphatic carbocycles. The van der Waals surface area contributed by atoms with E-state index in [9.17, 15) is 23.6 Å². The van der Waals surface area contributed by atoms with Crippen LogP contribution in [-0.2, 0) is 15.6 Å². The molecule has 1 unspecified atom stereocenters. The molecule has 2 N–H and O–H groups in total. The maximum Gasteiger partial charge on any atom is 0.270 e. The van der Waals surface area contributed by atoms with Crippen LogP contribution in [0.15, 0.2) is 47.4 Å². The lowest BCUT2D eigenvalue weighted by Gasteiger charge is -2.34. The second-order valence-electron chi connectivity index (χ2n) is 6.16. The molecule has 0 bridgehead atoms. The summed E-state index contributed by atoms with van der Waals surface area (Å²) in [6.45, 7) is 1.54.